The number of carbonyl (C=O) groups is 1. The van der Waals surface area contributed by atoms with Crippen LogP contribution in [0.5, 0.6) is 0 Å². The van der Waals surface area contributed by atoms with Gasteiger partial charge in [0.15, 0.2) is 0 Å². The fourth-order valence-electron chi connectivity index (χ4n) is 5.21. The monoisotopic (exact) mass is 531 g/mol. The zero-order valence-corrected chi connectivity index (χ0v) is 22.3. The highest BCUT2D eigenvalue weighted by atomic mass is 19.3. The number of alkyl halides is 2. The summed E-state index contributed by atoms with van der Waals surface area (Å²) in [6.07, 6.45) is 1.40. The van der Waals surface area contributed by atoms with Crippen molar-refractivity contribution in [2.75, 3.05) is 26.3 Å². The number of amides is 1. The van der Waals surface area contributed by atoms with E-state index in [1.54, 1.807) is 23.2 Å². The predicted molar refractivity (Wildman–Crippen MR) is 140 cm³/mol. The lowest BCUT2D eigenvalue weighted by Gasteiger charge is -2.42. The number of fused-ring (bicyclic) bond motifs is 1. The minimum atomic E-state index is -2.52. The van der Waals surface area contributed by atoms with Crippen LogP contribution in [0.25, 0.3) is 10.9 Å². The molecule has 6 nitrogen and oxygen atoms in total. The van der Waals surface area contributed by atoms with Gasteiger partial charge in [-0.2, -0.15) is 5.10 Å². The summed E-state index contributed by atoms with van der Waals surface area (Å²) in [6, 6.07) is 10.3. The number of ether oxygens (including phenoxy) is 2. The molecule has 0 spiro atoms. The Hall–Kier alpha value is -3.07. The average molecular weight is 532 g/mol. The number of piperidine rings is 1. The molecule has 0 N–H and O–H groups in total. The van der Waals surface area contributed by atoms with Gasteiger partial charge < -0.3 is 14.4 Å². The third-order valence-electron chi connectivity index (χ3n) is 7.42. The maximum absolute atomic E-state index is 13.8. The SMILES string of the molecule is CCCCOC(=O)N1CCC(COC(C)c2cc(C)cc3cnn(CC(F)F)c23)(c2ccc(F)cc2)CC1. The van der Waals surface area contributed by atoms with Crippen LogP contribution in [-0.2, 0) is 21.4 Å². The van der Waals surface area contributed by atoms with Gasteiger partial charge in [0.2, 0.25) is 0 Å². The van der Waals surface area contributed by atoms with E-state index < -0.39 is 24.5 Å². The number of aryl methyl sites for hydroxylation is 1. The second-order valence-electron chi connectivity index (χ2n) is 10.2. The van der Waals surface area contributed by atoms with Gasteiger partial charge in [0.05, 0.1) is 31.0 Å². The standard InChI is InChI=1S/C29H36F3N3O3/c1-4-5-14-37-28(36)34-12-10-29(11-13-34,23-6-8-24(30)9-7-23)19-38-21(3)25-16-20(2)15-22-17-33-35(27(22)25)18-26(31)32/h6-9,15-17,21,26H,4-5,10-14,18-19H2,1-3H3. The van der Waals surface area contributed by atoms with Crippen LogP contribution >= 0.6 is 0 Å². The zero-order chi connectivity index (χ0) is 27.3. The van der Waals surface area contributed by atoms with E-state index in [2.05, 4.69) is 5.10 Å². The molecule has 0 saturated carbocycles. The van der Waals surface area contributed by atoms with Gasteiger partial charge in [-0.3, -0.25) is 4.68 Å². The first-order chi connectivity index (χ1) is 18.2. The van der Waals surface area contributed by atoms with Crippen molar-refractivity contribution in [2.45, 2.75) is 70.9 Å². The summed E-state index contributed by atoms with van der Waals surface area (Å²) in [5.74, 6) is -0.315. The molecule has 206 valence electrons. The lowest BCUT2D eigenvalue weighted by molar-refractivity contribution is 0.00289. The molecule has 0 bridgehead atoms. The van der Waals surface area contributed by atoms with E-state index in [0.29, 0.717) is 44.7 Å². The highest BCUT2D eigenvalue weighted by Crippen LogP contribution is 2.38. The predicted octanol–water partition coefficient (Wildman–Crippen LogP) is 6.80. The van der Waals surface area contributed by atoms with Gasteiger partial charge in [0.25, 0.3) is 6.43 Å². The van der Waals surface area contributed by atoms with E-state index >= 15 is 0 Å². The number of halogens is 3. The van der Waals surface area contributed by atoms with E-state index in [9.17, 15) is 18.0 Å². The molecule has 1 aliphatic heterocycles. The van der Waals surface area contributed by atoms with Crippen LogP contribution in [0.1, 0.15) is 62.3 Å². The molecule has 38 heavy (non-hydrogen) atoms. The first-order valence-electron chi connectivity index (χ1n) is 13.3. The lowest BCUT2D eigenvalue weighted by atomic mass is 9.73. The number of hydrogen-bond donors (Lipinski definition) is 0. The Balaban J connectivity index is 1.55. The van der Waals surface area contributed by atoms with E-state index in [1.807, 2.05) is 32.9 Å². The van der Waals surface area contributed by atoms with Crippen molar-refractivity contribution in [1.29, 1.82) is 0 Å². The van der Waals surface area contributed by atoms with Crippen molar-refractivity contribution >= 4 is 17.0 Å². The Morgan fingerprint density at radius 1 is 1.16 bits per heavy atom. The Morgan fingerprint density at radius 2 is 1.87 bits per heavy atom. The van der Waals surface area contributed by atoms with Gasteiger partial charge in [-0.15, -0.1) is 0 Å². The number of unbranched alkanes of at least 4 members (excludes halogenated alkanes) is 1. The second-order valence-corrected chi connectivity index (χ2v) is 10.2. The quantitative estimate of drug-likeness (QED) is 0.270. The normalized spacial score (nSPS) is 16.2. The second kappa shape index (κ2) is 12.2. The first kappa shape index (κ1) is 28.0. The molecule has 4 rings (SSSR count). The van der Waals surface area contributed by atoms with Crippen LogP contribution in [0.4, 0.5) is 18.0 Å². The van der Waals surface area contributed by atoms with E-state index in [1.165, 1.54) is 16.8 Å². The molecule has 1 saturated heterocycles. The highest BCUT2D eigenvalue weighted by Gasteiger charge is 2.39. The van der Waals surface area contributed by atoms with E-state index in [4.69, 9.17) is 9.47 Å². The fraction of sp³-hybridized carbons (Fsp3) is 0.517. The summed E-state index contributed by atoms with van der Waals surface area (Å²) >= 11 is 0. The number of hydrogen-bond acceptors (Lipinski definition) is 4. The molecule has 1 atom stereocenters. The molecule has 1 aromatic heterocycles. The topological polar surface area (TPSA) is 56.6 Å². The molecule has 2 heterocycles. The van der Waals surface area contributed by atoms with Gasteiger partial charge in [-0.25, -0.2) is 18.0 Å². The molecule has 1 amide bonds. The molecular formula is C29H36F3N3O3. The van der Waals surface area contributed by atoms with E-state index in [0.717, 1.165) is 34.9 Å². The van der Waals surface area contributed by atoms with Gasteiger partial charge in [0.1, 0.15) is 12.4 Å². The van der Waals surface area contributed by atoms with Crippen molar-refractivity contribution in [3.63, 3.8) is 0 Å². The first-order valence-corrected chi connectivity index (χ1v) is 13.3. The number of likely N-dealkylation sites (tertiary alicyclic amines) is 1. The van der Waals surface area contributed by atoms with Crippen LogP contribution in [0.3, 0.4) is 0 Å². The Morgan fingerprint density at radius 3 is 2.53 bits per heavy atom. The van der Waals surface area contributed by atoms with Crippen molar-refractivity contribution in [1.82, 2.24) is 14.7 Å². The summed E-state index contributed by atoms with van der Waals surface area (Å²) in [6.45, 7) is 7.14. The average Bonchev–Trinajstić information content (AvgIpc) is 3.29. The summed E-state index contributed by atoms with van der Waals surface area (Å²) in [7, 11) is 0. The Bertz CT molecular complexity index is 1220. The third-order valence-corrected chi connectivity index (χ3v) is 7.42. The maximum atomic E-state index is 13.8. The lowest BCUT2D eigenvalue weighted by Crippen LogP contribution is -2.47. The molecule has 1 unspecified atom stereocenters. The van der Waals surface area contributed by atoms with Crippen LogP contribution in [-0.4, -0.2) is 53.5 Å². The molecule has 1 fully saturated rings. The van der Waals surface area contributed by atoms with Crippen molar-refractivity contribution in [2.24, 2.45) is 0 Å². The third kappa shape index (κ3) is 6.31. The summed E-state index contributed by atoms with van der Waals surface area (Å²) < 4.78 is 53.4. The number of benzene rings is 2. The van der Waals surface area contributed by atoms with Crippen LogP contribution in [0.2, 0.25) is 0 Å². The number of rotatable bonds is 10. The Kier molecular flexibility index (Phi) is 8.97. The molecule has 0 radical (unpaired) electrons. The van der Waals surface area contributed by atoms with Gasteiger partial charge in [-0.05, 0) is 62.4 Å². The molecule has 0 aliphatic carbocycles. The molecule has 3 aromatic rings. The summed E-state index contributed by atoms with van der Waals surface area (Å²) in [5, 5.41) is 4.98. The van der Waals surface area contributed by atoms with Crippen molar-refractivity contribution < 1.29 is 27.4 Å². The van der Waals surface area contributed by atoms with Gasteiger partial charge in [-0.1, -0.05) is 31.5 Å². The number of aromatic nitrogens is 2. The minimum absolute atomic E-state index is 0.310. The number of carbonyl (C=O) groups excluding carboxylic acids is 1. The fourth-order valence-corrected chi connectivity index (χ4v) is 5.21. The highest BCUT2D eigenvalue weighted by molar-refractivity contribution is 5.83. The van der Waals surface area contributed by atoms with Crippen LogP contribution < -0.4 is 0 Å². The van der Waals surface area contributed by atoms with Gasteiger partial charge in [0, 0.05) is 29.5 Å². The smallest absolute Gasteiger partial charge is 0.409 e. The zero-order valence-electron chi connectivity index (χ0n) is 22.3. The van der Waals surface area contributed by atoms with E-state index in [-0.39, 0.29) is 11.9 Å². The Labute approximate surface area is 221 Å². The molecule has 1 aliphatic rings. The summed E-state index contributed by atoms with van der Waals surface area (Å²) in [4.78, 5) is 14.2. The maximum Gasteiger partial charge on any atom is 0.409 e. The summed E-state index contributed by atoms with van der Waals surface area (Å²) in [5.41, 5.74) is 2.94. The number of nitrogens with zero attached hydrogens (tertiary/aromatic N) is 3. The van der Waals surface area contributed by atoms with Crippen LogP contribution in [0, 0.1) is 12.7 Å². The largest absolute Gasteiger partial charge is 0.449 e. The molecule has 9 heteroatoms. The molecule has 2 aromatic carbocycles. The molecular weight excluding hydrogens is 495 g/mol. The van der Waals surface area contributed by atoms with Crippen molar-refractivity contribution in [3.05, 3.63) is 65.1 Å². The van der Waals surface area contributed by atoms with Crippen LogP contribution in [0.15, 0.2) is 42.6 Å². The van der Waals surface area contributed by atoms with Gasteiger partial charge >= 0.3 is 6.09 Å². The van der Waals surface area contributed by atoms with Crippen molar-refractivity contribution in [3.8, 4) is 0 Å². The minimum Gasteiger partial charge on any atom is -0.449 e.